The van der Waals surface area contributed by atoms with E-state index in [0.29, 0.717) is 0 Å². The van der Waals surface area contributed by atoms with Gasteiger partial charge in [0.15, 0.2) is 0 Å². The summed E-state index contributed by atoms with van der Waals surface area (Å²) in [6, 6.07) is -5.16. The van der Waals surface area contributed by atoms with E-state index in [1.807, 2.05) is 0 Å². The number of nitrogens with two attached hydrogens (primary N) is 2. The van der Waals surface area contributed by atoms with Gasteiger partial charge in [0.2, 0.25) is 23.6 Å². The molecule has 30 heavy (non-hydrogen) atoms. The van der Waals surface area contributed by atoms with Crippen LogP contribution >= 0.6 is 0 Å². The average molecular weight is 431 g/mol. The summed E-state index contributed by atoms with van der Waals surface area (Å²) in [7, 11) is 0. The van der Waals surface area contributed by atoms with Gasteiger partial charge in [-0.3, -0.25) is 24.0 Å². The molecule has 9 N–H and O–H groups in total. The highest BCUT2D eigenvalue weighted by Crippen LogP contribution is 2.05. The molecule has 0 aromatic rings. The van der Waals surface area contributed by atoms with E-state index in [4.69, 9.17) is 21.7 Å². The van der Waals surface area contributed by atoms with Gasteiger partial charge in [-0.15, -0.1) is 0 Å². The monoisotopic (exact) mass is 431 g/mol. The first-order valence-electron chi connectivity index (χ1n) is 9.15. The lowest BCUT2D eigenvalue weighted by Gasteiger charge is -2.26. The van der Waals surface area contributed by atoms with E-state index in [2.05, 4.69) is 16.0 Å². The molecule has 0 heterocycles. The molecule has 0 saturated carbocycles. The fourth-order valence-corrected chi connectivity index (χ4v) is 2.28. The van der Waals surface area contributed by atoms with Gasteiger partial charge in [0.05, 0.1) is 12.5 Å². The Morgan fingerprint density at radius 3 is 1.77 bits per heavy atom. The first-order valence-corrected chi connectivity index (χ1v) is 9.15. The second-order valence-corrected chi connectivity index (χ2v) is 7.08. The van der Waals surface area contributed by atoms with Crippen LogP contribution in [0, 0.1) is 5.92 Å². The Kier molecular flexibility index (Phi) is 11.0. The van der Waals surface area contributed by atoms with Crippen LogP contribution in [-0.4, -0.2) is 69.9 Å². The highest BCUT2D eigenvalue weighted by molar-refractivity contribution is 5.95. The number of hydrogen-bond acceptors (Lipinski definition) is 7. The molecule has 0 spiro atoms. The molecule has 0 aromatic heterocycles. The van der Waals surface area contributed by atoms with E-state index in [0.717, 1.165) is 0 Å². The maximum absolute atomic E-state index is 12.6. The van der Waals surface area contributed by atoms with Crippen molar-refractivity contribution in [3.8, 4) is 0 Å². The highest BCUT2D eigenvalue weighted by atomic mass is 16.4. The molecule has 0 aliphatic rings. The van der Waals surface area contributed by atoms with Crippen LogP contribution in [0.15, 0.2) is 0 Å². The lowest BCUT2D eigenvalue weighted by Crippen LogP contribution is -2.58. The molecule has 0 aliphatic heterocycles. The molecule has 0 saturated heterocycles. The molecule has 170 valence electrons. The van der Waals surface area contributed by atoms with E-state index >= 15 is 0 Å². The minimum absolute atomic E-state index is 0.316. The molecule has 0 bridgehead atoms. The van der Waals surface area contributed by atoms with Gasteiger partial charge in [-0.1, -0.05) is 13.8 Å². The summed E-state index contributed by atoms with van der Waals surface area (Å²) in [5.74, 6) is -6.65. The lowest BCUT2D eigenvalue weighted by atomic mass is 10.0. The van der Waals surface area contributed by atoms with Crippen LogP contribution in [0.5, 0.6) is 0 Å². The van der Waals surface area contributed by atoms with Crippen molar-refractivity contribution in [2.75, 3.05) is 0 Å². The Hall–Kier alpha value is -3.22. The smallest absolute Gasteiger partial charge is 0.326 e. The van der Waals surface area contributed by atoms with Gasteiger partial charge in [0.25, 0.3) is 0 Å². The molecule has 0 radical (unpaired) electrons. The zero-order valence-electron chi connectivity index (χ0n) is 17.0. The highest BCUT2D eigenvalue weighted by Gasteiger charge is 2.32. The van der Waals surface area contributed by atoms with Crippen molar-refractivity contribution in [1.29, 1.82) is 0 Å². The lowest BCUT2D eigenvalue weighted by molar-refractivity contribution is -0.144. The third-order valence-corrected chi connectivity index (χ3v) is 3.97. The predicted molar refractivity (Wildman–Crippen MR) is 103 cm³/mol. The van der Waals surface area contributed by atoms with E-state index < -0.39 is 72.1 Å². The standard InChI is InChI=1S/C17H29N5O8/c1-7(2)13(22-14(26)8(3)18)16(28)21-10(6-12(24)25)15(27)20-9(17(29)30)4-5-11(19)23/h7-10,13H,4-6,18H2,1-3H3,(H2,19,23)(H,20,27)(H,21,28)(H,22,26)(H,24,25)(H,29,30). The Morgan fingerprint density at radius 1 is 0.833 bits per heavy atom. The van der Waals surface area contributed by atoms with Gasteiger partial charge in [-0.25, -0.2) is 4.79 Å². The number of primary amides is 1. The summed E-state index contributed by atoms with van der Waals surface area (Å²) < 4.78 is 0. The molecule has 4 unspecified atom stereocenters. The molecule has 4 amide bonds. The van der Waals surface area contributed by atoms with Gasteiger partial charge in [0.1, 0.15) is 18.1 Å². The number of carboxylic acid groups (broad SMARTS) is 2. The van der Waals surface area contributed by atoms with Crippen molar-refractivity contribution in [3.63, 3.8) is 0 Å². The Balaban J connectivity index is 5.40. The molecule has 0 aromatic carbocycles. The molecular weight excluding hydrogens is 402 g/mol. The number of rotatable bonds is 13. The second kappa shape index (κ2) is 12.4. The summed E-state index contributed by atoms with van der Waals surface area (Å²) >= 11 is 0. The quantitative estimate of drug-likeness (QED) is 0.160. The number of carbonyl (C=O) groups is 6. The van der Waals surface area contributed by atoms with Crippen LogP contribution in [0.2, 0.25) is 0 Å². The Bertz CT molecular complexity index is 679. The maximum atomic E-state index is 12.6. The van der Waals surface area contributed by atoms with Crippen LogP contribution in [0.1, 0.15) is 40.0 Å². The van der Waals surface area contributed by atoms with Gasteiger partial charge in [0, 0.05) is 6.42 Å². The third kappa shape index (κ3) is 9.82. The zero-order chi connectivity index (χ0) is 23.6. The number of carboxylic acids is 2. The van der Waals surface area contributed by atoms with Gasteiger partial charge >= 0.3 is 11.9 Å². The third-order valence-electron chi connectivity index (χ3n) is 3.97. The zero-order valence-corrected chi connectivity index (χ0v) is 17.0. The van der Waals surface area contributed by atoms with Crippen LogP contribution in [-0.2, 0) is 28.8 Å². The summed E-state index contributed by atoms with van der Waals surface area (Å²) in [5.41, 5.74) is 10.4. The second-order valence-electron chi connectivity index (χ2n) is 7.08. The Labute approximate surface area is 172 Å². The molecule has 0 fully saturated rings. The van der Waals surface area contributed by atoms with Crippen LogP contribution in [0.25, 0.3) is 0 Å². The minimum atomic E-state index is -1.63. The molecule has 13 nitrogen and oxygen atoms in total. The average Bonchev–Trinajstić information content (AvgIpc) is 2.60. The van der Waals surface area contributed by atoms with Crippen molar-refractivity contribution in [2.45, 2.75) is 64.2 Å². The van der Waals surface area contributed by atoms with Crippen LogP contribution in [0.4, 0.5) is 0 Å². The number of hydrogen-bond donors (Lipinski definition) is 7. The van der Waals surface area contributed by atoms with Gasteiger partial charge < -0.3 is 37.6 Å². The number of carbonyl (C=O) groups excluding carboxylic acids is 4. The van der Waals surface area contributed by atoms with Crippen molar-refractivity contribution < 1.29 is 39.0 Å². The van der Waals surface area contributed by atoms with Crippen molar-refractivity contribution in [3.05, 3.63) is 0 Å². The van der Waals surface area contributed by atoms with Gasteiger partial charge in [-0.05, 0) is 19.3 Å². The first-order chi connectivity index (χ1) is 13.8. The van der Waals surface area contributed by atoms with Gasteiger partial charge in [-0.2, -0.15) is 0 Å². The summed E-state index contributed by atoms with van der Waals surface area (Å²) in [6.45, 7) is 4.63. The molecule has 13 heteroatoms. The molecular formula is C17H29N5O8. The predicted octanol–water partition coefficient (Wildman–Crippen LogP) is -2.73. The van der Waals surface area contributed by atoms with E-state index in [9.17, 15) is 28.8 Å². The normalized spacial score (nSPS) is 14.7. The molecule has 0 aliphatic carbocycles. The summed E-state index contributed by atoms with van der Waals surface area (Å²) in [6.07, 6.45) is -1.49. The fraction of sp³-hybridized carbons (Fsp3) is 0.647. The SMILES string of the molecule is CC(N)C(=O)NC(C(=O)NC(CC(=O)O)C(=O)NC(CCC(N)=O)C(=O)O)C(C)C. The maximum Gasteiger partial charge on any atom is 0.326 e. The number of amides is 4. The van der Waals surface area contributed by atoms with Crippen molar-refractivity contribution >= 4 is 35.6 Å². The molecule has 4 atom stereocenters. The number of nitrogens with one attached hydrogen (secondary N) is 3. The van der Waals surface area contributed by atoms with Crippen molar-refractivity contribution in [2.24, 2.45) is 17.4 Å². The van der Waals surface area contributed by atoms with E-state index in [1.54, 1.807) is 13.8 Å². The number of aliphatic carboxylic acids is 2. The van der Waals surface area contributed by atoms with Crippen LogP contribution in [0.3, 0.4) is 0 Å². The topological polar surface area (TPSA) is 231 Å². The summed E-state index contributed by atoms with van der Waals surface area (Å²) in [5, 5.41) is 24.9. The first kappa shape index (κ1) is 26.8. The van der Waals surface area contributed by atoms with Crippen molar-refractivity contribution in [1.82, 2.24) is 16.0 Å². The fourth-order valence-electron chi connectivity index (χ4n) is 2.28. The van der Waals surface area contributed by atoms with E-state index in [-0.39, 0.29) is 12.8 Å². The summed E-state index contributed by atoms with van der Waals surface area (Å²) in [4.78, 5) is 70.0. The molecule has 0 rings (SSSR count). The largest absolute Gasteiger partial charge is 0.481 e. The van der Waals surface area contributed by atoms with E-state index in [1.165, 1.54) is 6.92 Å². The van der Waals surface area contributed by atoms with Crippen LogP contribution < -0.4 is 27.4 Å². The Morgan fingerprint density at radius 2 is 1.37 bits per heavy atom. The minimum Gasteiger partial charge on any atom is -0.481 e.